The first-order valence-corrected chi connectivity index (χ1v) is 7.66. The third-order valence-electron chi connectivity index (χ3n) is 5.62. The molecule has 3 aliphatic rings. The molecule has 3 fully saturated rings. The molecule has 1 aliphatic heterocycles. The van der Waals surface area contributed by atoms with Crippen LogP contribution in [0.3, 0.4) is 0 Å². The number of piperidine rings is 1. The van der Waals surface area contributed by atoms with Crippen LogP contribution in [0.25, 0.3) is 0 Å². The van der Waals surface area contributed by atoms with Gasteiger partial charge in [0.2, 0.25) is 0 Å². The molecule has 1 heterocycles. The quantitative estimate of drug-likeness (QED) is 0.748. The van der Waals surface area contributed by atoms with Crippen LogP contribution in [0.4, 0.5) is 0 Å². The summed E-state index contributed by atoms with van der Waals surface area (Å²) in [6.45, 7) is 2.58. The molecule has 3 rings (SSSR count). The third-order valence-corrected chi connectivity index (χ3v) is 5.62. The maximum absolute atomic E-state index is 3.53. The molecule has 1 nitrogen and oxygen atoms in total. The number of halogens is 1. The Balaban J connectivity index is 0.00000108. The topological polar surface area (TPSA) is 12.0 Å². The molecule has 0 spiro atoms. The molecule has 2 aliphatic carbocycles. The van der Waals surface area contributed by atoms with E-state index in [4.69, 9.17) is 0 Å². The normalized spacial score (nSPS) is 39.2. The largest absolute Gasteiger partial charge is 0.317 e. The van der Waals surface area contributed by atoms with Crippen molar-refractivity contribution < 1.29 is 0 Å². The first-order valence-electron chi connectivity index (χ1n) is 7.66. The molecule has 0 amide bonds. The Kier molecular flexibility index (Phi) is 5.17. The van der Waals surface area contributed by atoms with Gasteiger partial charge in [-0.2, -0.15) is 0 Å². The van der Waals surface area contributed by atoms with E-state index in [1.54, 1.807) is 25.7 Å². The van der Waals surface area contributed by atoms with Crippen molar-refractivity contribution in [3.8, 4) is 0 Å². The van der Waals surface area contributed by atoms with Gasteiger partial charge in [-0.05, 0) is 62.4 Å². The Morgan fingerprint density at radius 1 is 0.588 bits per heavy atom. The molecule has 0 aromatic rings. The maximum Gasteiger partial charge on any atom is -0.00462 e. The molecule has 3 unspecified atom stereocenters. The van der Waals surface area contributed by atoms with Gasteiger partial charge in [-0.3, -0.25) is 0 Å². The van der Waals surface area contributed by atoms with Crippen molar-refractivity contribution in [2.45, 2.75) is 57.8 Å². The van der Waals surface area contributed by atoms with Gasteiger partial charge in [0.25, 0.3) is 0 Å². The first kappa shape index (κ1) is 13.7. The van der Waals surface area contributed by atoms with Crippen LogP contribution in [0.5, 0.6) is 0 Å². The van der Waals surface area contributed by atoms with Crippen LogP contribution in [0.1, 0.15) is 57.8 Å². The number of hydrogen-bond acceptors (Lipinski definition) is 1. The number of nitrogens with one attached hydrogen (secondary N) is 1. The maximum atomic E-state index is 3.53. The summed E-state index contributed by atoms with van der Waals surface area (Å²) in [7, 11) is 0. The Bertz CT molecular complexity index is 223. The Hall–Kier alpha value is 0.250. The fraction of sp³-hybridized carbons (Fsp3) is 1.00. The van der Waals surface area contributed by atoms with Crippen LogP contribution < -0.4 is 5.32 Å². The highest BCUT2D eigenvalue weighted by Gasteiger charge is 2.38. The summed E-state index contributed by atoms with van der Waals surface area (Å²) in [4.78, 5) is 0. The van der Waals surface area contributed by atoms with Crippen molar-refractivity contribution in [3.63, 3.8) is 0 Å². The van der Waals surface area contributed by atoms with Gasteiger partial charge in [0.1, 0.15) is 0 Å². The van der Waals surface area contributed by atoms with Gasteiger partial charge in [0.05, 0.1) is 0 Å². The van der Waals surface area contributed by atoms with Crippen molar-refractivity contribution in [1.29, 1.82) is 0 Å². The number of hydrogen-bond donors (Lipinski definition) is 1. The summed E-state index contributed by atoms with van der Waals surface area (Å²) >= 11 is 0. The Morgan fingerprint density at radius 3 is 1.88 bits per heavy atom. The molecular formula is C15H28ClN. The highest BCUT2D eigenvalue weighted by atomic mass is 35.5. The predicted molar refractivity (Wildman–Crippen MR) is 75.6 cm³/mol. The average Bonchev–Trinajstić information content (AvgIpc) is 2.39. The highest BCUT2D eigenvalue weighted by Crippen LogP contribution is 2.47. The lowest BCUT2D eigenvalue weighted by Crippen LogP contribution is -2.39. The molecular weight excluding hydrogens is 230 g/mol. The van der Waals surface area contributed by atoms with E-state index in [1.807, 2.05) is 0 Å². The Morgan fingerprint density at radius 2 is 1.12 bits per heavy atom. The van der Waals surface area contributed by atoms with Crippen LogP contribution in [0.15, 0.2) is 0 Å². The smallest absolute Gasteiger partial charge is 0.00462 e. The minimum atomic E-state index is 0. The second kappa shape index (κ2) is 6.43. The minimum Gasteiger partial charge on any atom is -0.317 e. The molecule has 17 heavy (non-hydrogen) atoms. The van der Waals surface area contributed by atoms with E-state index in [1.165, 1.54) is 45.2 Å². The molecule has 0 aromatic heterocycles. The van der Waals surface area contributed by atoms with Gasteiger partial charge in [-0.15, -0.1) is 12.4 Å². The van der Waals surface area contributed by atoms with Crippen molar-refractivity contribution in [1.82, 2.24) is 5.32 Å². The van der Waals surface area contributed by atoms with Gasteiger partial charge in [-0.25, -0.2) is 0 Å². The molecule has 1 saturated heterocycles. The van der Waals surface area contributed by atoms with Crippen LogP contribution in [0, 0.1) is 23.7 Å². The zero-order valence-corrected chi connectivity index (χ0v) is 11.8. The molecule has 2 heteroatoms. The van der Waals surface area contributed by atoms with Crippen molar-refractivity contribution in [2.24, 2.45) is 23.7 Å². The van der Waals surface area contributed by atoms with E-state index in [-0.39, 0.29) is 12.4 Å². The van der Waals surface area contributed by atoms with Crippen molar-refractivity contribution >= 4 is 12.4 Å². The van der Waals surface area contributed by atoms with E-state index in [9.17, 15) is 0 Å². The molecule has 2 saturated carbocycles. The van der Waals surface area contributed by atoms with E-state index < -0.39 is 0 Å². The van der Waals surface area contributed by atoms with E-state index in [2.05, 4.69) is 5.32 Å². The summed E-state index contributed by atoms with van der Waals surface area (Å²) in [5.41, 5.74) is 0. The van der Waals surface area contributed by atoms with Gasteiger partial charge >= 0.3 is 0 Å². The van der Waals surface area contributed by atoms with Gasteiger partial charge < -0.3 is 5.32 Å². The lowest BCUT2D eigenvalue weighted by Gasteiger charge is -2.45. The van der Waals surface area contributed by atoms with Crippen LogP contribution in [-0.4, -0.2) is 13.1 Å². The molecule has 1 N–H and O–H groups in total. The molecule has 3 atom stereocenters. The van der Waals surface area contributed by atoms with E-state index in [0.29, 0.717) is 0 Å². The van der Waals surface area contributed by atoms with Crippen LogP contribution >= 0.6 is 12.4 Å². The highest BCUT2D eigenvalue weighted by molar-refractivity contribution is 5.85. The summed E-state index contributed by atoms with van der Waals surface area (Å²) in [5, 5.41) is 3.53. The summed E-state index contributed by atoms with van der Waals surface area (Å²) in [6, 6.07) is 0. The lowest BCUT2D eigenvalue weighted by atomic mass is 9.61. The zero-order valence-electron chi connectivity index (χ0n) is 11.0. The fourth-order valence-corrected chi connectivity index (χ4v) is 4.85. The zero-order chi connectivity index (χ0) is 10.8. The minimum absolute atomic E-state index is 0. The summed E-state index contributed by atoms with van der Waals surface area (Å²) in [5.74, 6) is 4.45. The second-order valence-corrected chi connectivity index (χ2v) is 6.39. The van der Waals surface area contributed by atoms with Crippen molar-refractivity contribution in [2.75, 3.05) is 13.1 Å². The van der Waals surface area contributed by atoms with E-state index in [0.717, 1.165) is 23.7 Å². The average molecular weight is 258 g/mol. The molecule has 0 bridgehead atoms. The summed E-state index contributed by atoms with van der Waals surface area (Å²) < 4.78 is 0. The van der Waals surface area contributed by atoms with Crippen LogP contribution in [-0.2, 0) is 0 Å². The fourth-order valence-electron chi connectivity index (χ4n) is 4.85. The number of rotatable bonds is 1. The third kappa shape index (κ3) is 2.98. The Labute approximate surface area is 113 Å². The molecule has 0 aromatic carbocycles. The van der Waals surface area contributed by atoms with Gasteiger partial charge in [0, 0.05) is 0 Å². The standard InChI is InChI=1S/C15H27N.ClH/c1-2-6-14-12(4-1)5-3-7-15(14)13-8-10-16-11-9-13;/h12-16H,1-11H2;1H. The monoisotopic (exact) mass is 257 g/mol. The number of fused-ring (bicyclic) bond motifs is 1. The van der Waals surface area contributed by atoms with Gasteiger partial charge in [-0.1, -0.05) is 32.1 Å². The summed E-state index contributed by atoms with van der Waals surface area (Å²) in [6.07, 6.45) is 13.8. The molecule has 100 valence electrons. The predicted octanol–water partition coefficient (Wildman–Crippen LogP) is 4.01. The van der Waals surface area contributed by atoms with E-state index >= 15 is 0 Å². The van der Waals surface area contributed by atoms with Crippen LogP contribution in [0.2, 0.25) is 0 Å². The van der Waals surface area contributed by atoms with Gasteiger partial charge in [0.15, 0.2) is 0 Å². The first-order chi connectivity index (χ1) is 7.95. The lowest BCUT2D eigenvalue weighted by molar-refractivity contribution is 0.0526. The second-order valence-electron chi connectivity index (χ2n) is 6.39. The SMILES string of the molecule is C1CCC2C(C1)CCCC2C1CCNCC1.Cl. The molecule has 0 radical (unpaired) electrons. The van der Waals surface area contributed by atoms with Crippen molar-refractivity contribution in [3.05, 3.63) is 0 Å².